The first-order valence-electron chi connectivity index (χ1n) is 4.90. The zero-order chi connectivity index (χ0) is 10.9. The minimum Gasteiger partial charge on any atom is -0.481 e. The summed E-state index contributed by atoms with van der Waals surface area (Å²) in [6.45, 7) is 2.68. The second-order valence-corrected chi connectivity index (χ2v) is 3.80. The third-order valence-corrected chi connectivity index (χ3v) is 3.02. The van der Waals surface area contributed by atoms with E-state index in [0.29, 0.717) is 37.4 Å². The van der Waals surface area contributed by atoms with Crippen LogP contribution in [0.3, 0.4) is 0 Å². The summed E-state index contributed by atoms with van der Waals surface area (Å²) < 4.78 is 10.1. The number of carboxylic acid groups (broad SMARTS) is 1. The van der Waals surface area contributed by atoms with E-state index in [1.54, 1.807) is 6.92 Å². The fourth-order valence-corrected chi connectivity index (χ4v) is 2.08. The molecule has 15 heavy (non-hydrogen) atoms. The molecule has 2 rings (SSSR count). The Morgan fingerprint density at radius 1 is 1.53 bits per heavy atom. The molecular weight excluding hydrogens is 198 g/mol. The van der Waals surface area contributed by atoms with E-state index in [2.05, 4.69) is 5.16 Å². The van der Waals surface area contributed by atoms with Crippen LogP contribution in [0.15, 0.2) is 10.7 Å². The van der Waals surface area contributed by atoms with Gasteiger partial charge in [-0.1, -0.05) is 5.16 Å². The summed E-state index contributed by atoms with van der Waals surface area (Å²) in [5, 5.41) is 13.0. The normalized spacial score (nSPS) is 20.1. The van der Waals surface area contributed by atoms with Crippen molar-refractivity contribution in [2.24, 2.45) is 0 Å². The average molecular weight is 211 g/mol. The fourth-order valence-electron chi connectivity index (χ4n) is 2.08. The van der Waals surface area contributed by atoms with Crippen LogP contribution in [0.5, 0.6) is 0 Å². The van der Waals surface area contributed by atoms with Gasteiger partial charge in [-0.15, -0.1) is 0 Å². The molecule has 5 nitrogen and oxygen atoms in total. The number of nitrogens with zero attached hydrogens (tertiary/aromatic N) is 1. The quantitative estimate of drug-likeness (QED) is 0.793. The van der Waals surface area contributed by atoms with Crippen LogP contribution in [0.2, 0.25) is 0 Å². The lowest BCUT2D eigenvalue weighted by Gasteiger charge is -2.32. The predicted molar refractivity (Wildman–Crippen MR) is 50.6 cm³/mol. The second-order valence-electron chi connectivity index (χ2n) is 3.80. The SMILES string of the molecule is Cc1oncc1C1(C(=O)O)CCOCC1. The van der Waals surface area contributed by atoms with Crippen molar-refractivity contribution in [3.05, 3.63) is 17.5 Å². The number of carbonyl (C=O) groups is 1. The van der Waals surface area contributed by atoms with Crippen LogP contribution in [-0.2, 0) is 14.9 Å². The van der Waals surface area contributed by atoms with E-state index < -0.39 is 11.4 Å². The maximum absolute atomic E-state index is 11.4. The van der Waals surface area contributed by atoms with E-state index in [4.69, 9.17) is 9.26 Å². The monoisotopic (exact) mass is 211 g/mol. The molecule has 1 saturated heterocycles. The van der Waals surface area contributed by atoms with Gasteiger partial charge in [-0.2, -0.15) is 0 Å². The number of ether oxygens (including phenoxy) is 1. The Kier molecular flexibility index (Phi) is 2.48. The fraction of sp³-hybridized carbons (Fsp3) is 0.600. The molecule has 0 bridgehead atoms. The molecule has 1 aliphatic heterocycles. The number of rotatable bonds is 2. The summed E-state index contributed by atoms with van der Waals surface area (Å²) in [7, 11) is 0. The van der Waals surface area contributed by atoms with Gasteiger partial charge in [0, 0.05) is 18.8 Å². The molecule has 2 heterocycles. The Labute approximate surface area is 87.0 Å². The Hall–Kier alpha value is -1.36. The molecule has 0 atom stereocenters. The van der Waals surface area contributed by atoms with Crippen molar-refractivity contribution in [2.75, 3.05) is 13.2 Å². The van der Waals surface area contributed by atoms with Gasteiger partial charge in [0.1, 0.15) is 11.2 Å². The van der Waals surface area contributed by atoms with Crippen molar-refractivity contribution in [1.29, 1.82) is 0 Å². The molecule has 0 aromatic carbocycles. The van der Waals surface area contributed by atoms with Gasteiger partial charge in [-0.3, -0.25) is 4.79 Å². The van der Waals surface area contributed by atoms with Gasteiger partial charge < -0.3 is 14.4 Å². The first-order chi connectivity index (χ1) is 7.17. The summed E-state index contributed by atoms with van der Waals surface area (Å²) in [6.07, 6.45) is 2.46. The van der Waals surface area contributed by atoms with E-state index in [1.807, 2.05) is 0 Å². The highest BCUT2D eigenvalue weighted by molar-refractivity contribution is 5.81. The van der Waals surface area contributed by atoms with Crippen molar-refractivity contribution < 1.29 is 19.2 Å². The molecule has 0 aliphatic carbocycles. The maximum atomic E-state index is 11.4. The number of carboxylic acids is 1. The first-order valence-corrected chi connectivity index (χ1v) is 4.90. The number of hydrogen-bond acceptors (Lipinski definition) is 4. The van der Waals surface area contributed by atoms with Crippen LogP contribution >= 0.6 is 0 Å². The Balaban J connectivity index is 2.42. The Morgan fingerprint density at radius 2 is 2.20 bits per heavy atom. The molecule has 1 fully saturated rings. The van der Waals surface area contributed by atoms with Gasteiger partial charge in [0.25, 0.3) is 0 Å². The topological polar surface area (TPSA) is 72.6 Å². The molecule has 0 unspecified atom stereocenters. The minimum absolute atomic E-state index is 0.469. The third kappa shape index (κ3) is 1.52. The van der Waals surface area contributed by atoms with Crippen LogP contribution in [0.25, 0.3) is 0 Å². The largest absolute Gasteiger partial charge is 0.481 e. The molecule has 0 radical (unpaired) electrons. The Morgan fingerprint density at radius 3 is 2.67 bits per heavy atom. The van der Waals surface area contributed by atoms with Gasteiger partial charge in [0.15, 0.2) is 0 Å². The van der Waals surface area contributed by atoms with Crippen molar-refractivity contribution in [2.45, 2.75) is 25.2 Å². The standard InChI is InChI=1S/C10H13NO4/c1-7-8(6-11-15-7)10(9(12)13)2-4-14-5-3-10/h6H,2-5H2,1H3,(H,12,13). The highest BCUT2D eigenvalue weighted by Gasteiger charge is 2.44. The molecular formula is C10H13NO4. The lowest BCUT2D eigenvalue weighted by atomic mass is 9.74. The smallest absolute Gasteiger partial charge is 0.314 e. The molecule has 1 N–H and O–H groups in total. The second kappa shape index (κ2) is 3.66. The zero-order valence-electron chi connectivity index (χ0n) is 8.52. The lowest BCUT2D eigenvalue weighted by molar-refractivity contribution is -0.147. The van der Waals surface area contributed by atoms with Crippen LogP contribution in [0, 0.1) is 6.92 Å². The first kappa shape index (κ1) is 10.2. The summed E-state index contributed by atoms with van der Waals surface area (Å²) in [6, 6.07) is 0. The summed E-state index contributed by atoms with van der Waals surface area (Å²) in [4.78, 5) is 11.4. The summed E-state index contributed by atoms with van der Waals surface area (Å²) in [5.41, 5.74) is -0.194. The number of aryl methyl sites for hydroxylation is 1. The molecule has 82 valence electrons. The highest BCUT2D eigenvalue weighted by Crippen LogP contribution is 2.36. The van der Waals surface area contributed by atoms with Crippen molar-refractivity contribution in [3.8, 4) is 0 Å². The Bertz CT molecular complexity index is 365. The predicted octanol–water partition coefficient (Wildman–Crippen LogP) is 1.12. The highest BCUT2D eigenvalue weighted by atomic mass is 16.5. The van der Waals surface area contributed by atoms with E-state index in [-0.39, 0.29) is 0 Å². The molecule has 1 aliphatic rings. The molecule has 5 heteroatoms. The van der Waals surface area contributed by atoms with Gasteiger partial charge in [0.05, 0.1) is 6.20 Å². The summed E-state index contributed by atoms with van der Waals surface area (Å²) >= 11 is 0. The van der Waals surface area contributed by atoms with Gasteiger partial charge in [-0.05, 0) is 19.8 Å². The number of aromatic nitrogens is 1. The third-order valence-electron chi connectivity index (χ3n) is 3.02. The van der Waals surface area contributed by atoms with Crippen molar-refractivity contribution in [1.82, 2.24) is 5.16 Å². The van der Waals surface area contributed by atoms with Crippen LogP contribution in [0.1, 0.15) is 24.2 Å². The molecule has 0 saturated carbocycles. The zero-order valence-corrected chi connectivity index (χ0v) is 8.52. The molecule has 1 aromatic rings. The van der Waals surface area contributed by atoms with Crippen LogP contribution in [0.4, 0.5) is 0 Å². The number of hydrogen-bond donors (Lipinski definition) is 1. The van der Waals surface area contributed by atoms with Crippen molar-refractivity contribution >= 4 is 5.97 Å². The lowest BCUT2D eigenvalue weighted by Crippen LogP contribution is -2.41. The van der Waals surface area contributed by atoms with Gasteiger partial charge >= 0.3 is 5.97 Å². The molecule has 0 spiro atoms. The average Bonchev–Trinajstić information content (AvgIpc) is 2.66. The minimum atomic E-state index is -0.873. The number of aliphatic carboxylic acids is 1. The van der Waals surface area contributed by atoms with Crippen molar-refractivity contribution in [3.63, 3.8) is 0 Å². The van der Waals surface area contributed by atoms with Gasteiger partial charge in [-0.25, -0.2) is 0 Å². The molecule has 1 aromatic heterocycles. The van der Waals surface area contributed by atoms with E-state index in [0.717, 1.165) is 0 Å². The van der Waals surface area contributed by atoms with Crippen LogP contribution in [-0.4, -0.2) is 29.4 Å². The molecule has 0 amide bonds. The van der Waals surface area contributed by atoms with Crippen LogP contribution < -0.4 is 0 Å². The van der Waals surface area contributed by atoms with E-state index in [1.165, 1.54) is 6.20 Å². The summed E-state index contributed by atoms with van der Waals surface area (Å²) in [5.74, 6) is -0.239. The van der Waals surface area contributed by atoms with E-state index in [9.17, 15) is 9.90 Å². The van der Waals surface area contributed by atoms with E-state index >= 15 is 0 Å². The maximum Gasteiger partial charge on any atom is 0.314 e. The van der Waals surface area contributed by atoms with Gasteiger partial charge in [0.2, 0.25) is 0 Å².